The Morgan fingerprint density at radius 2 is 1.85 bits per heavy atom. The van der Waals surface area contributed by atoms with Crippen LogP contribution in [0.3, 0.4) is 0 Å². The molecule has 0 saturated carbocycles. The van der Waals surface area contributed by atoms with Crippen LogP contribution in [0.1, 0.15) is 23.0 Å². The largest absolute Gasteiger partial charge is 0.465 e. The number of rotatable bonds is 3. The van der Waals surface area contributed by atoms with Gasteiger partial charge in [-0.2, -0.15) is 0 Å². The molecular weight excluding hydrogens is 334 g/mol. The topological polar surface area (TPSA) is 90.3 Å². The number of hydrogen-bond donors (Lipinski definition) is 1. The van der Waals surface area contributed by atoms with Crippen molar-refractivity contribution in [3.8, 4) is 5.69 Å². The molecule has 1 N–H and O–H groups in total. The van der Waals surface area contributed by atoms with Gasteiger partial charge in [-0.15, -0.1) is 0 Å². The van der Waals surface area contributed by atoms with Gasteiger partial charge in [0.25, 0.3) is 5.56 Å². The van der Waals surface area contributed by atoms with E-state index in [0.29, 0.717) is 28.0 Å². The number of nitrogens with zero attached hydrogens (tertiary/aromatic N) is 2. The minimum absolute atomic E-state index is 0.169. The fourth-order valence-corrected chi connectivity index (χ4v) is 2.69. The first-order valence-corrected chi connectivity index (χ1v) is 7.90. The summed E-state index contributed by atoms with van der Waals surface area (Å²) in [7, 11) is 1.28. The molecule has 0 saturated heterocycles. The van der Waals surface area contributed by atoms with Crippen LogP contribution >= 0.6 is 0 Å². The molecule has 0 bridgehead atoms. The molecule has 7 nitrogen and oxygen atoms in total. The number of ether oxygens (including phenoxy) is 1. The molecule has 1 aromatic carbocycles. The number of carbonyl (C=O) groups is 2. The lowest BCUT2D eigenvalue weighted by molar-refractivity contribution is -0.114. The van der Waals surface area contributed by atoms with Gasteiger partial charge in [-0.25, -0.2) is 4.79 Å². The number of esters is 1. The molecule has 2 aromatic heterocycles. The van der Waals surface area contributed by atoms with E-state index in [1.807, 2.05) is 0 Å². The van der Waals surface area contributed by atoms with Gasteiger partial charge in [0.05, 0.1) is 29.3 Å². The minimum atomic E-state index is -0.536. The predicted molar refractivity (Wildman–Crippen MR) is 97.7 cm³/mol. The van der Waals surface area contributed by atoms with Crippen LogP contribution in [0.25, 0.3) is 16.6 Å². The number of fused-ring (bicyclic) bond motifs is 1. The molecule has 26 heavy (non-hydrogen) atoms. The van der Waals surface area contributed by atoms with Gasteiger partial charge in [0, 0.05) is 24.5 Å². The van der Waals surface area contributed by atoms with Gasteiger partial charge in [-0.05, 0) is 43.3 Å². The maximum atomic E-state index is 12.9. The Bertz CT molecular complexity index is 1070. The zero-order chi connectivity index (χ0) is 18.8. The highest BCUT2D eigenvalue weighted by molar-refractivity contribution is 5.95. The summed E-state index contributed by atoms with van der Waals surface area (Å²) in [5, 5.41) is 3.00. The van der Waals surface area contributed by atoms with Gasteiger partial charge < -0.3 is 10.1 Å². The molecule has 0 spiro atoms. The summed E-state index contributed by atoms with van der Waals surface area (Å²) in [5.41, 5.74) is 2.24. The van der Waals surface area contributed by atoms with E-state index in [9.17, 15) is 14.4 Å². The number of carbonyl (C=O) groups excluding carboxylic acids is 2. The van der Waals surface area contributed by atoms with E-state index in [0.717, 1.165) is 0 Å². The van der Waals surface area contributed by atoms with Crippen molar-refractivity contribution >= 4 is 28.5 Å². The first kappa shape index (κ1) is 17.3. The van der Waals surface area contributed by atoms with Gasteiger partial charge in [0.15, 0.2) is 0 Å². The average Bonchev–Trinajstić information content (AvgIpc) is 2.61. The van der Waals surface area contributed by atoms with Crippen LogP contribution in [-0.2, 0) is 9.53 Å². The Morgan fingerprint density at radius 1 is 1.15 bits per heavy atom. The van der Waals surface area contributed by atoms with Gasteiger partial charge >= 0.3 is 5.97 Å². The Balaban J connectivity index is 2.11. The van der Waals surface area contributed by atoms with Crippen LogP contribution in [-0.4, -0.2) is 28.5 Å². The Hall–Kier alpha value is -3.48. The Labute approximate surface area is 149 Å². The number of pyridine rings is 2. The average molecular weight is 351 g/mol. The van der Waals surface area contributed by atoms with Crippen molar-refractivity contribution in [2.24, 2.45) is 0 Å². The highest BCUT2D eigenvalue weighted by Gasteiger charge is 2.14. The first-order chi connectivity index (χ1) is 12.4. The fraction of sp³-hybridized carbons (Fsp3) is 0.158. The van der Waals surface area contributed by atoms with Crippen LogP contribution in [0, 0.1) is 6.92 Å². The third-order valence-corrected chi connectivity index (χ3v) is 3.94. The second-order valence-electron chi connectivity index (χ2n) is 5.76. The lowest BCUT2D eigenvalue weighted by atomic mass is 10.1. The maximum absolute atomic E-state index is 12.9. The molecule has 0 aliphatic heterocycles. The van der Waals surface area contributed by atoms with Crippen molar-refractivity contribution in [2.45, 2.75) is 13.8 Å². The van der Waals surface area contributed by atoms with Crippen LogP contribution in [0.2, 0.25) is 0 Å². The molecule has 0 aliphatic carbocycles. The normalized spacial score (nSPS) is 10.6. The summed E-state index contributed by atoms with van der Waals surface area (Å²) in [5.74, 6) is -0.705. The number of methoxy groups -OCH3 is 1. The van der Waals surface area contributed by atoms with E-state index < -0.39 is 5.97 Å². The van der Waals surface area contributed by atoms with E-state index in [2.05, 4.69) is 10.3 Å². The molecule has 0 unspecified atom stereocenters. The van der Waals surface area contributed by atoms with Crippen molar-refractivity contribution in [1.29, 1.82) is 0 Å². The molecule has 3 aromatic rings. The summed E-state index contributed by atoms with van der Waals surface area (Å²) in [6.07, 6.45) is 1.63. The lowest BCUT2D eigenvalue weighted by Crippen LogP contribution is -2.19. The molecule has 0 aliphatic rings. The Morgan fingerprint density at radius 3 is 2.46 bits per heavy atom. The van der Waals surface area contributed by atoms with Crippen LogP contribution in [0.15, 0.2) is 47.4 Å². The quantitative estimate of drug-likeness (QED) is 0.732. The summed E-state index contributed by atoms with van der Waals surface area (Å²) in [4.78, 5) is 40.2. The Kier molecular flexibility index (Phi) is 4.53. The van der Waals surface area contributed by atoms with Crippen LogP contribution < -0.4 is 10.9 Å². The summed E-state index contributed by atoms with van der Waals surface area (Å²) < 4.78 is 6.20. The summed E-state index contributed by atoms with van der Waals surface area (Å²) >= 11 is 0. The van der Waals surface area contributed by atoms with E-state index in [-0.39, 0.29) is 17.0 Å². The van der Waals surface area contributed by atoms with Gasteiger partial charge in [0.1, 0.15) is 0 Å². The number of benzene rings is 1. The number of amides is 1. The molecule has 0 fully saturated rings. The second kappa shape index (κ2) is 6.79. The first-order valence-electron chi connectivity index (χ1n) is 7.90. The summed E-state index contributed by atoms with van der Waals surface area (Å²) in [6, 6.07) is 10.1. The van der Waals surface area contributed by atoms with E-state index in [4.69, 9.17) is 4.74 Å². The smallest absolute Gasteiger partial charge is 0.339 e. The predicted octanol–water partition coefficient (Wildman–Crippen LogP) is 2.44. The minimum Gasteiger partial charge on any atom is -0.465 e. The summed E-state index contributed by atoms with van der Waals surface area (Å²) in [6.45, 7) is 3.12. The zero-order valence-electron chi connectivity index (χ0n) is 14.6. The number of nitrogens with one attached hydrogen (secondary N) is 1. The fourth-order valence-electron chi connectivity index (χ4n) is 2.69. The second-order valence-corrected chi connectivity index (χ2v) is 5.76. The van der Waals surface area contributed by atoms with Crippen LogP contribution in [0.4, 0.5) is 5.69 Å². The molecule has 2 heterocycles. The van der Waals surface area contributed by atoms with E-state index >= 15 is 0 Å². The number of aryl methyl sites for hydroxylation is 1. The standard InChI is InChI=1S/C19H17N3O4/c1-11-15(19(25)26-3)10-16-17(20-11)8-9-22(18(16)24)14-6-4-13(5-7-14)21-12(2)23/h4-10H,1-3H3,(H,21,23). The zero-order valence-corrected chi connectivity index (χ0v) is 14.6. The van der Waals surface area contributed by atoms with E-state index in [1.165, 1.54) is 24.7 Å². The highest BCUT2D eigenvalue weighted by atomic mass is 16.5. The van der Waals surface area contributed by atoms with Gasteiger partial charge in [-0.1, -0.05) is 0 Å². The molecule has 0 radical (unpaired) electrons. The van der Waals surface area contributed by atoms with E-state index in [1.54, 1.807) is 43.5 Å². The number of hydrogen-bond acceptors (Lipinski definition) is 5. The van der Waals surface area contributed by atoms with Crippen molar-refractivity contribution < 1.29 is 14.3 Å². The third-order valence-electron chi connectivity index (χ3n) is 3.94. The van der Waals surface area contributed by atoms with Gasteiger partial charge in [-0.3, -0.25) is 19.1 Å². The van der Waals surface area contributed by atoms with Gasteiger partial charge in [0.2, 0.25) is 5.91 Å². The lowest BCUT2D eigenvalue weighted by Gasteiger charge is -2.10. The monoisotopic (exact) mass is 351 g/mol. The number of anilines is 1. The van der Waals surface area contributed by atoms with Crippen molar-refractivity contribution in [3.63, 3.8) is 0 Å². The van der Waals surface area contributed by atoms with Crippen molar-refractivity contribution in [1.82, 2.24) is 9.55 Å². The number of aromatic nitrogens is 2. The highest BCUT2D eigenvalue weighted by Crippen LogP contribution is 2.17. The molecular formula is C19H17N3O4. The molecule has 1 amide bonds. The third kappa shape index (κ3) is 3.19. The van der Waals surface area contributed by atoms with Crippen LogP contribution in [0.5, 0.6) is 0 Å². The molecule has 7 heteroatoms. The van der Waals surface area contributed by atoms with Crippen molar-refractivity contribution in [3.05, 3.63) is 64.2 Å². The molecule has 3 rings (SSSR count). The maximum Gasteiger partial charge on any atom is 0.339 e. The van der Waals surface area contributed by atoms with Crippen molar-refractivity contribution in [2.75, 3.05) is 12.4 Å². The molecule has 132 valence electrons. The SMILES string of the molecule is COC(=O)c1cc2c(=O)n(-c3ccc(NC(C)=O)cc3)ccc2nc1C. The molecule has 0 atom stereocenters.